The maximum Gasteiger partial charge on any atom is 0.255 e. The zero-order valence-electron chi connectivity index (χ0n) is 11.8. The number of ether oxygens (including phenoxy) is 1. The number of carbonyl (C=O) groups is 1. The van der Waals surface area contributed by atoms with Gasteiger partial charge in [0.05, 0.1) is 18.8 Å². The molecule has 20 heavy (non-hydrogen) atoms. The molecule has 0 radical (unpaired) electrons. The SMILES string of the molecule is O=C(c1ccc(N2CCCCC2)nc1)N1CCOCC1. The number of hydrogen-bond acceptors (Lipinski definition) is 4. The summed E-state index contributed by atoms with van der Waals surface area (Å²) in [6.07, 6.45) is 5.48. The quantitative estimate of drug-likeness (QED) is 0.821. The van der Waals surface area contributed by atoms with E-state index >= 15 is 0 Å². The predicted molar refractivity (Wildman–Crippen MR) is 77.0 cm³/mol. The second kappa shape index (κ2) is 6.22. The summed E-state index contributed by atoms with van der Waals surface area (Å²) in [4.78, 5) is 20.9. The molecule has 0 aromatic carbocycles. The molecule has 0 aliphatic carbocycles. The van der Waals surface area contributed by atoms with Gasteiger partial charge < -0.3 is 14.5 Å². The van der Waals surface area contributed by atoms with Crippen molar-refractivity contribution < 1.29 is 9.53 Å². The van der Waals surface area contributed by atoms with Crippen LogP contribution in [0.5, 0.6) is 0 Å². The Kier molecular flexibility index (Phi) is 4.16. The third kappa shape index (κ3) is 2.93. The lowest BCUT2D eigenvalue weighted by atomic mass is 10.1. The molecule has 0 bridgehead atoms. The first-order chi connectivity index (χ1) is 9.84. The molecule has 2 aliphatic rings. The van der Waals surface area contributed by atoms with Gasteiger partial charge in [-0.3, -0.25) is 4.79 Å². The highest BCUT2D eigenvalue weighted by atomic mass is 16.5. The second-order valence-electron chi connectivity index (χ2n) is 5.36. The van der Waals surface area contributed by atoms with Crippen molar-refractivity contribution in [1.82, 2.24) is 9.88 Å². The Hall–Kier alpha value is -1.62. The molecular formula is C15H21N3O2. The lowest BCUT2D eigenvalue weighted by Gasteiger charge is -2.28. The van der Waals surface area contributed by atoms with Crippen LogP contribution >= 0.6 is 0 Å². The number of nitrogens with zero attached hydrogens (tertiary/aromatic N) is 3. The molecule has 2 saturated heterocycles. The van der Waals surface area contributed by atoms with Gasteiger partial charge in [0.15, 0.2) is 0 Å². The van der Waals surface area contributed by atoms with Crippen LogP contribution in [-0.4, -0.2) is 55.2 Å². The highest BCUT2D eigenvalue weighted by Gasteiger charge is 2.19. The fraction of sp³-hybridized carbons (Fsp3) is 0.600. The highest BCUT2D eigenvalue weighted by Crippen LogP contribution is 2.18. The van der Waals surface area contributed by atoms with Crippen molar-refractivity contribution in [2.45, 2.75) is 19.3 Å². The zero-order chi connectivity index (χ0) is 13.8. The minimum absolute atomic E-state index is 0.0611. The van der Waals surface area contributed by atoms with Gasteiger partial charge in [-0.25, -0.2) is 4.98 Å². The molecule has 3 rings (SSSR count). The van der Waals surface area contributed by atoms with E-state index in [2.05, 4.69) is 9.88 Å². The normalized spacial score (nSPS) is 20.0. The summed E-state index contributed by atoms with van der Waals surface area (Å²) in [5.41, 5.74) is 0.674. The van der Waals surface area contributed by atoms with Gasteiger partial charge in [-0.1, -0.05) is 0 Å². The lowest BCUT2D eigenvalue weighted by Crippen LogP contribution is -2.40. The van der Waals surface area contributed by atoms with E-state index in [1.165, 1.54) is 19.3 Å². The van der Waals surface area contributed by atoms with Crippen molar-refractivity contribution in [3.63, 3.8) is 0 Å². The Morgan fingerprint density at radius 3 is 2.45 bits per heavy atom. The summed E-state index contributed by atoms with van der Waals surface area (Å²) in [5.74, 6) is 1.05. The average Bonchev–Trinajstić information content (AvgIpc) is 2.56. The molecule has 0 N–H and O–H groups in total. The Bertz CT molecular complexity index is 449. The molecule has 108 valence electrons. The fourth-order valence-electron chi connectivity index (χ4n) is 2.77. The highest BCUT2D eigenvalue weighted by molar-refractivity contribution is 5.94. The number of anilines is 1. The third-order valence-corrected chi connectivity index (χ3v) is 3.97. The molecule has 0 spiro atoms. The zero-order valence-corrected chi connectivity index (χ0v) is 11.8. The van der Waals surface area contributed by atoms with E-state index in [0.29, 0.717) is 31.9 Å². The molecule has 1 aromatic heterocycles. The van der Waals surface area contributed by atoms with E-state index in [9.17, 15) is 4.79 Å². The minimum atomic E-state index is 0.0611. The van der Waals surface area contributed by atoms with Gasteiger partial charge in [0.25, 0.3) is 5.91 Å². The van der Waals surface area contributed by atoms with Crippen molar-refractivity contribution in [3.8, 4) is 0 Å². The van der Waals surface area contributed by atoms with E-state index < -0.39 is 0 Å². The Balaban J connectivity index is 1.67. The van der Waals surface area contributed by atoms with E-state index in [4.69, 9.17) is 4.74 Å². The van der Waals surface area contributed by atoms with Crippen LogP contribution in [0.25, 0.3) is 0 Å². The van der Waals surface area contributed by atoms with Gasteiger partial charge in [0, 0.05) is 32.4 Å². The monoisotopic (exact) mass is 275 g/mol. The van der Waals surface area contributed by atoms with Crippen LogP contribution in [0.3, 0.4) is 0 Å². The van der Waals surface area contributed by atoms with Crippen molar-refractivity contribution in [3.05, 3.63) is 23.9 Å². The smallest absolute Gasteiger partial charge is 0.255 e. The van der Waals surface area contributed by atoms with Crippen molar-refractivity contribution in [2.75, 3.05) is 44.3 Å². The molecule has 3 heterocycles. The molecule has 0 unspecified atom stereocenters. The van der Waals surface area contributed by atoms with Crippen LogP contribution < -0.4 is 4.90 Å². The standard InChI is InChI=1S/C15H21N3O2/c19-15(18-8-10-20-11-9-18)13-4-5-14(16-12-13)17-6-2-1-3-7-17/h4-5,12H,1-3,6-11H2. The van der Waals surface area contributed by atoms with Crippen molar-refractivity contribution >= 4 is 11.7 Å². The van der Waals surface area contributed by atoms with Crippen LogP contribution in [0.15, 0.2) is 18.3 Å². The fourth-order valence-corrected chi connectivity index (χ4v) is 2.77. The number of rotatable bonds is 2. The van der Waals surface area contributed by atoms with Crippen LogP contribution in [0.4, 0.5) is 5.82 Å². The van der Waals surface area contributed by atoms with Crippen LogP contribution in [0.2, 0.25) is 0 Å². The minimum Gasteiger partial charge on any atom is -0.378 e. The van der Waals surface area contributed by atoms with Crippen molar-refractivity contribution in [2.24, 2.45) is 0 Å². The number of aromatic nitrogens is 1. The second-order valence-corrected chi connectivity index (χ2v) is 5.36. The van der Waals surface area contributed by atoms with Crippen LogP contribution in [0, 0.1) is 0 Å². The van der Waals surface area contributed by atoms with Gasteiger partial charge in [0.1, 0.15) is 5.82 Å². The Labute approximate surface area is 119 Å². The molecule has 0 saturated carbocycles. The molecular weight excluding hydrogens is 254 g/mol. The summed E-state index contributed by atoms with van der Waals surface area (Å²) in [6, 6.07) is 3.87. The lowest BCUT2D eigenvalue weighted by molar-refractivity contribution is 0.0302. The first-order valence-corrected chi connectivity index (χ1v) is 7.42. The predicted octanol–water partition coefficient (Wildman–Crippen LogP) is 1.54. The van der Waals surface area contributed by atoms with E-state index in [0.717, 1.165) is 18.9 Å². The van der Waals surface area contributed by atoms with Gasteiger partial charge >= 0.3 is 0 Å². The summed E-state index contributed by atoms with van der Waals surface area (Å²) in [7, 11) is 0. The molecule has 1 amide bonds. The summed E-state index contributed by atoms with van der Waals surface area (Å²) >= 11 is 0. The molecule has 0 atom stereocenters. The van der Waals surface area contributed by atoms with E-state index in [1.54, 1.807) is 6.20 Å². The number of piperidine rings is 1. The summed E-state index contributed by atoms with van der Waals surface area (Å²) in [5, 5.41) is 0. The largest absolute Gasteiger partial charge is 0.378 e. The number of hydrogen-bond donors (Lipinski definition) is 0. The molecule has 5 nitrogen and oxygen atoms in total. The topological polar surface area (TPSA) is 45.7 Å². The third-order valence-electron chi connectivity index (χ3n) is 3.97. The Morgan fingerprint density at radius 2 is 1.80 bits per heavy atom. The van der Waals surface area contributed by atoms with E-state index in [1.807, 2.05) is 17.0 Å². The number of pyridine rings is 1. The molecule has 2 aliphatic heterocycles. The molecule has 2 fully saturated rings. The first kappa shape index (κ1) is 13.4. The summed E-state index contributed by atoms with van der Waals surface area (Å²) < 4.78 is 5.27. The van der Waals surface area contributed by atoms with Crippen LogP contribution in [-0.2, 0) is 4.74 Å². The van der Waals surface area contributed by atoms with Gasteiger partial charge in [-0.2, -0.15) is 0 Å². The summed E-state index contributed by atoms with van der Waals surface area (Å²) in [6.45, 7) is 4.75. The van der Waals surface area contributed by atoms with E-state index in [-0.39, 0.29) is 5.91 Å². The molecule has 5 heteroatoms. The Morgan fingerprint density at radius 1 is 1.05 bits per heavy atom. The van der Waals surface area contributed by atoms with Gasteiger partial charge in [-0.15, -0.1) is 0 Å². The molecule has 1 aromatic rings. The number of morpholine rings is 1. The average molecular weight is 275 g/mol. The number of amides is 1. The van der Waals surface area contributed by atoms with Gasteiger partial charge in [-0.05, 0) is 31.4 Å². The maximum absolute atomic E-state index is 12.3. The first-order valence-electron chi connectivity index (χ1n) is 7.42. The number of carbonyl (C=O) groups excluding carboxylic acids is 1. The van der Waals surface area contributed by atoms with Gasteiger partial charge in [0.2, 0.25) is 0 Å². The van der Waals surface area contributed by atoms with Crippen molar-refractivity contribution in [1.29, 1.82) is 0 Å². The van der Waals surface area contributed by atoms with Crippen LogP contribution in [0.1, 0.15) is 29.6 Å². The maximum atomic E-state index is 12.3.